The van der Waals surface area contributed by atoms with Crippen LogP contribution >= 0.6 is 0 Å². The third kappa shape index (κ3) is 3.51. The normalized spacial score (nSPS) is 10.6. The van der Waals surface area contributed by atoms with Gasteiger partial charge in [-0.2, -0.15) is 5.10 Å². The molecule has 0 saturated heterocycles. The van der Waals surface area contributed by atoms with E-state index >= 15 is 0 Å². The Bertz CT molecular complexity index is 617. The lowest BCUT2D eigenvalue weighted by molar-refractivity contribution is 0.0984. The number of carbonyl (C=O) groups excluding carboxylic acids is 1. The summed E-state index contributed by atoms with van der Waals surface area (Å²) in [7, 11) is 0. The summed E-state index contributed by atoms with van der Waals surface area (Å²) in [5, 5.41) is 4.34. The molecule has 0 unspecified atom stereocenters. The molecular formula is C17H22N2O2. The minimum atomic E-state index is 0.0984. The molecule has 2 rings (SSSR count). The Balaban J connectivity index is 2.37. The number of hydrogen-bond donors (Lipinski definition) is 0. The summed E-state index contributed by atoms with van der Waals surface area (Å²) < 4.78 is 7.48. The van der Waals surface area contributed by atoms with Crippen LogP contribution in [0, 0.1) is 0 Å². The van der Waals surface area contributed by atoms with E-state index in [4.69, 9.17) is 4.74 Å². The molecular weight excluding hydrogens is 264 g/mol. The van der Waals surface area contributed by atoms with Gasteiger partial charge in [0.2, 0.25) is 0 Å². The number of nitrogens with zero attached hydrogens (tertiary/aromatic N) is 2. The first kappa shape index (κ1) is 15.3. The van der Waals surface area contributed by atoms with E-state index in [1.54, 1.807) is 0 Å². The largest absolute Gasteiger partial charge is 0.493 e. The quantitative estimate of drug-likeness (QED) is 0.724. The van der Waals surface area contributed by atoms with E-state index in [9.17, 15) is 4.79 Å². The molecule has 4 nitrogen and oxygen atoms in total. The minimum absolute atomic E-state index is 0.0984. The van der Waals surface area contributed by atoms with E-state index in [1.165, 1.54) is 0 Å². The predicted octanol–water partition coefficient (Wildman–Crippen LogP) is 3.95. The third-order valence-electron chi connectivity index (χ3n) is 3.32. The maximum absolute atomic E-state index is 12.1. The molecule has 0 spiro atoms. The van der Waals surface area contributed by atoms with Gasteiger partial charge >= 0.3 is 0 Å². The van der Waals surface area contributed by atoms with Gasteiger partial charge in [0.25, 0.3) is 0 Å². The Morgan fingerprint density at radius 1 is 1.24 bits per heavy atom. The Morgan fingerprint density at radius 2 is 2.05 bits per heavy atom. The van der Waals surface area contributed by atoms with Gasteiger partial charge in [-0.05, 0) is 31.0 Å². The van der Waals surface area contributed by atoms with Gasteiger partial charge in [0.1, 0.15) is 5.75 Å². The first-order valence-corrected chi connectivity index (χ1v) is 7.52. The van der Waals surface area contributed by atoms with Crippen molar-refractivity contribution in [1.82, 2.24) is 9.78 Å². The van der Waals surface area contributed by atoms with Crippen molar-refractivity contribution in [2.24, 2.45) is 0 Å². The van der Waals surface area contributed by atoms with Gasteiger partial charge in [0, 0.05) is 24.7 Å². The molecule has 0 atom stereocenters. The number of ether oxygens (including phenoxy) is 1. The summed E-state index contributed by atoms with van der Waals surface area (Å²) in [6.07, 6.45) is 5.37. The molecule has 0 aliphatic rings. The highest BCUT2D eigenvalue weighted by atomic mass is 16.5. The molecule has 21 heavy (non-hydrogen) atoms. The molecule has 0 bridgehead atoms. The summed E-state index contributed by atoms with van der Waals surface area (Å²) >= 11 is 0. The standard InChI is InChI=1S/C17H22N2O2/c1-4-9-19-12-14(11-18-19)13-7-8-17(21-6-3)15(10-13)16(20)5-2/h7-8,10-12H,4-6,9H2,1-3H3. The average Bonchev–Trinajstić information content (AvgIpc) is 2.96. The predicted molar refractivity (Wildman–Crippen MR) is 83.7 cm³/mol. The highest BCUT2D eigenvalue weighted by molar-refractivity contribution is 5.99. The van der Waals surface area contributed by atoms with Crippen LogP contribution in [0.25, 0.3) is 11.1 Å². The molecule has 1 aromatic carbocycles. The zero-order chi connectivity index (χ0) is 15.2. The number of benzene rings is 1. The van der Waals surface area contributed by atoms with Crippen molar-refractivity contribution in [3.05, 3.63) is 36.2 Å². The van der Waals surface area contributed by atoms with Crippen LogP contribution in [0.4, 0.5) is 0 Å². The summed E-state index contributed by atoms with van der Waals surface area (Å²) in [4.78, 5) is 12.1. The number of ketones is 1. The monoisotopic (exact) mass is 286 g/mol. The van der Waals surface area contributed by atoms with Gasteiger partial charge in [-0.3, -0.25) is 9.48 Å². The van der Waals surface area contributed by atoms with Crippen LogP contribution < -0.4 is 4.74 Å². The van der Waals surface area contributed by atoms with E-state index < -0.39 is 0 Å². The lowest BCUT2D eigenvalue weighted by Gasteiger charge is -2.10. The van der Waals surface area contributed by atoms with Crippen LogP contribution in [0.15, 0.2) is 30.6 Å². The zero-order valence-electron chi connectivity index (χ0n) is 12.9. The molecule has 0 aliphatic carbocycles. The Labute approximate surface area is 125 Å². The Hall–Kier alpha value is -2.10. The van der Waals surface area contributed by atoms with Gasteiger partial charge in [-0.1, -0.05) is 19.9 Å². The van der Waals surface area contributed by atoms with E-state index in [1.807, 2.05) is 49.1 Å². The van der Waals surface area contributed by atoms with Gasteiger partial charge in [-0.15, -0.1) is 0 Å². The fourth-order valence-electron chi connectivity index (χ4n) is 2.26. The average molecular weight is 286 g/mol. The van der Waals surface area contributed by atoms with Crippen LogP contribution in [0.3, 0.4) is 0 Å². The molecule has 112 valence electrons. The van der Waals surface area contributed by atoms with Crippen molar-refractivity contribution in [3.63, 3.8) is 0 Å². The molecule has 2 aromatic rings. The van der Waals surface area contributed by atoms with Crippen molar-refractivity contribution < 1.29 is 9.53 Å². The van der Waals surface area contributed by atoms with Crippen LogP contribution in [0.5, 0.6) is 5.75 Å². The summed E-state index contributed by atoms with van der Waals surface area (Å²) in [5.74, 6) is 0.760. The minimum Gasteiger partial charge on any atom is -0.493 e. The van der Waals surface area contributed by atoms with E-state index in [0.29, 0.717) is 24.3 Å². The first-order chi connectivity index (χ1) is 10.2. The number of aryl methyl sites for hydroxylation is 1. The Morgan fingerprint density at radius 3 is 2.71 bits per heavy atom. The number of carbonyl (C=O) groups is 1. The van der Waals surface area contributed by atoms with Crippen molar-refractivity contribution in [2.75, 3.05) is 6.61 Å². The second-order valence-electron chi connectivity index (χ2n) is 4.91. The highest BCUT2D eigenvalue weighted by Crippen LogP contribution is 2.27. The molecule has 4 heteroatoms. The highest BCUT2D eigenvalue weighted by Gasteiger charge is 2.13. The number of rotatable bonds is 7. The molecule has 0 radical (unpaired) electrons. The maximum atomic E-state index is 12.1. The molecule has 0 amide bonds. The molecule has 1 aromatic heterocycles. The van der Waals surface area contributed by atoms with E-state index in [0.717, 1.165) is 24.1 Å². The lowest BCUT2D eigenvalue weighted by atomic mass is 10.0. The van der Waals surface area contributed by atoms with Gasteiger partial charge in [-0.25, -0.2) is 0 Å². The van der Waals surface area contributed by atoms with E-state index in [2.05, 4.69) is 12.0 Å². The SMILES string of the molecule is CCCn1cc(-c2ccc(OCC)c(C(=O)CC)c2)cn1. The van der Waals surface area contributed by atoms with Crippen molar-refractivity contribution in [1.29, 1.82) is 0 Å². The summed E-state index contributed by atoms with van der Waals surface area (Å²) in [5.41, 5.74) is 2.68. The van der Waals surface area contributed by atoms with Crippen LogP contribution in [0.2, 0.25) is 0 Å². The molecule has 0 N–H and O–H groups in total. The summed E-state index contributed by atoms with van der Waals surface area (Å²) in [6, 6.07) is 5.76. The fraction of sp³-hybridized carbons (Fsp3) is 0.412. The van der Waals surface area contributed by atoms with Crippen LogP contribution in [-0.2, 0) is 6.54 Å². The Kier molecular flexibility index (Phi) is 5.14. The second-order valence-corrected chi connectivity index (χ2v) is 4.91. The fourth-order valence-corrected chi connectivity index (χ4v) is 2.26. The number of aromatic nitrogens is 2. The number of hydrogen-bond acceptors (Lipinski definition) is 3. The van der Waals surface area contributed by atoms with Gasteiger partial charge in [0.15, 0.2) is 5.78 Å². The van der Waals surface area contributed by atoms with Gasteiger partial charge < -0.3 is 4.74 Å². The number of Topliss-reactive ketones (excluding diaryl/α,β-unsaturated/α-hetero) is 1. The van der Waals surface area contributed by atoms with Crippen molar-refractivity contribution in [3.8, 4) is 16.9 Å². The smallest absolute Gasteiger partial charge is 0.166 e. The molecule has 0 saturated carbocycles. The first-order valence-electron chi connectivity index (χ1n) is 7.52. The molecule has 0 aliphatic heterocycles. The van der Waals surface area contributed by atoms with Gasteiger partial charge in [0.05, 0.1) is 18.4 Å². The maximum Gasteiger partial charge on any atom is 0.166 e. The topological polar surface area (TPSA) is 44.1 Å². The third-order valence-corrected chi connectivity index (χ3v) is 3.32. The van der Waals surface area contributed by atoms with Crippen LogP contribution in [-0.4, -0.2) is 22.2 Å². The van der Waals surface area contributed by atoms with E-state index in [-0.39, 0.29) is 5.78 Å². The zero-order valence-corrected chi connectivity index (χ0v) is 12.9. The van der Waals surface area contributed by atoms with Crippen LogP contribution in [0.1, 0.15) is 44.0 Å². The van der Waals surface area contributed by atoms with Crippen molar-refractivity contribution >= 4 is 5.78 Å². The summed E-state index contributed by atoms with van der Waals surface area (Å²) in [6.45, 7) is 7.36. The lowest BCUT2D eigenvalue weighted by Crippen LogP contribution is -2.03. The molecule has 1 heterocycles. The van der Waals surface area contributed by atoms with Crippen molar-refractivity contribution in [2.45, 2.75) is 40.2 Å². The second kappa shape index (κ2) is 7.07. The molecule has 0 fully saturated rings.